The van der Waals surface area contributed by atoms with Crippen molar-refractivity contribution in [3.8, 4) is 5.75 Å². The number of hydrogen-bond donors (Lipinski definition) is 0. The molecule has 4 aromatic carbocycles. The summed E-state index contributed by atoms with van der Waals surface area (Å²) in [6, 6.07) is 26.7. The van der Waals surface area contributed by atoms with Crippen molar-refractivity contribution in [1.82, 2.24) is 4.90 Å². The van der Waals surface area contributed by atoms with Gasteiger partial charge in [-0.1, -0.05) is 84.4 Å². The minimum Gasteiger partial charge on any atom is -0.493 e. The van der Waals surface area contributed by atoms with E-state index in [4.69, 9.17) is 16.3 Å². The third-order valence-corrected chi connectivity index (χ3v) is 8.82. The van der Waals surface area contributed by atoms with Gasteiger partial charge in [0.25, 0.3) is 0 Å². The second-order valence-corrected chi connectivity index (χ2v) is 12.9. The monoisotopic (exact) mass is 633 g/mol. The van der Waals surface area contributed by atoms with Crippen LogP contribution in [0.5, 0.6) is 5.75 Å². The Labute approximate surface area is 254 Å². The summed E-state index contributed by atoms with van der Waals surface area (Å²) in [6.07, 6.45) is -3.19. The molecule has 10 heteroatoms. The molecule has 0 aliphatic carbocycles. The number of rotatable bonds is 12. The fraction of sp³-hybridized carbons (Fsp3) is 0.273. The van der Waals surface area contributed by atoms with Crippen LogP contribution in [0.3, 0.4) is 0 Å². The predicted molar refractivity (Wildman–Crippen MR) is 161 cm³/mol. The van der Waals surface area contributed by atoms with Gasteiger partial charge in [-0.3, -0.25) is 4.90 Å². The van der Waals surface area contributed by atoms with Gasteiger partial charge in [-0.25, -0.2) is 12.8 Å². The van der Waals surface area contributed by atoms with Crippen LogP contribution < -0.4 is 4.74 Å². The van der Waals surface area contributed by atoms with E-state index in [-0.39, 0.29) is 40.8 Å². The summed E-state index contributed by atoms with van der Waals surface area (Å²) >= 11 is 6.31. The molecular formula is C33H32ClF4NO3S. The molecule has 0 radical (unpaired) electrons. The highest BCUT2D eigenvalue weighted by molar-refractivity contribution is 7.90. The molecule has 4 nitrogen and oxygen atoms in total. The van der Waals surface area contributed by atoms with E-state index in [0.29, 0.717) is 18.5 Å². The Hall–Kier alpha value is -3.40. The third-order valence-electron chi connectivity index (χ3n) is 7.28. The number of benzene rings is 4. The van der Waals surface area contributed by atoms with Crippen molar-refractivity contribution in [2.75, 3.05) is 19.4 Å². The largest absolute Gasteiger partial charge is 0.493 e. The van der Waals surface area contributed by atoms with E-state index in [0.717, 1.165) is 35.6 Å². The van der Waals surface area contributed by atoms with Crippen LogP contribution >= 0.6 is 11.6 Å². The second-order valence-electron chi connectivity index (χ2n) is 10.5. The Bertz CT molecular complexity index is 1580. The van der Waals surface area contributed by atoms with Crippen molar-refractivity contribution < 1.29 is 30.7 Å². The van der Waals surface area contributed by atoms with E-state index in [2.05, 4.69) is 4.90 Å². The number of halogens is 5. The first-order valence-electron chi connectivity index (χ1n) is 13.6. The molecule has 0 spiro atoms. The summed E-state index contributed by atoms with van der Waals surface area (Å²) < 4.78 is 84.7. The van der Waals surface area contributed by atoms with Gasteiger partial charge in [0.15, 0.2) is 9.84 Å². The molecule has 0 aromatic heterocycles. The molecule has 0 amide bonds. The van der Waals surface area contributed by atoms with Crippen molar-refractivity contribution in [2.45, 2.75) is 42.9 Å². The van der Waals surface area contributed by atoms with Crippen molar-refractivity contribution in [3.05, 3.63) is 130 Å². The summed E-state index contributed by atoms with van der Waals surface area (Å²) in [7, 11) is -3.64. The summed E-state index contributed by atoms with van der Waals surface area (Å²) in [6.45, 7) is 2.64. The van der Waals surface area contributed by atoms with Gasteiger partial charge in [-0.05, 0) is 48.2 Å². The molecule has 0 heterocycles. The Balaban J connectivity index is 1.62. The minimum absolute atomic E-state index is 0.0755. The first-order chi connectivity index (χ1) is 20.3. The van der Waals surface area contributed by atoms with Crippen LogP contribution in [-0.4, -0.2) is 38.8 Å². The van der Waals surface area contributed by atoms with Crippen LogP contribution in [0.25, 0.3) is 0 Å². The molecule has 4 aromatic rings. The maximum absolute atomic E-state index is 14.1. The predicted octanol–water partition coefficient (Wildman–Crippen LogP) is 8.39. The average molecular weight is 634 g/mol. The molecule has 0 aliphatic rings. The van der Waals surface area contributed by atoms with E-state index in [1.807, 2.05) is 67.6 Å². The molecule has 1 atom stereocenters. The van der Waals surface area contributed by atoms with E-state index < -0.39 is 27.4 Å². The van der Waals surface area contributed by atoms with Crippen molar-refractivity contribution >= 4 is 21.4 Å². The van der Waals surface area contributed by atoms with Gasteiger partial charge in [0.05, 0.1) is 22.1 Å². The van der Waals surface area contributed by atoms with Crippen LogP contribution in [0.2, 0.25) is 5.02 Å². The maximum atomic E-state index is 14.1. The lowest BCUT2D eigenvalue weighted by Gasteiger charge is -2.34. The van der Waals surface area contributed by atoms with Crippen LogP contribution in [0.4, 0.5) is 17.6 Å². The Kier molecular flexibility index (Phi) is 10.5. The second kappa shape index (κ2) is 13.9. The van der Waals surface area contributed by atoms with E-state index in [9.17, 15) is 26.0 Å². The SMILES string of the molecule is C[C@H](CCOc1cc(F)cc(S(C)(=O)=O)c1)N(Cc1cccc(C(F)(F)F)c1Cl)CC(c1ccccc1)c1ccccc1. The molecule has 0 saturated carbocycles. The topological polar surface area (TPSA) is 46.6 Å². The van der Waals surface area contributed by atoms with Gasteiger partial charge in [-0.15, -0.1) is 0 Å². The molecule has 0 N–H and O–H groups in total. The average Bonchev–Trinajstić information content (AvgIpc) is 2.95. The quantitative estimate of drug-likeness (QED) is 0.147. The fourth-order valence-electron chi connectivity index (χ4n) is 4.91. The highest BCUT2D eigenvalue weighted by atomic mass is 35.5. The molecule has 228 valence electrons. The van der Waals surface area contributed by atoms with Gasteiger partial charge < -0.3 is 4.74 Å². The highest BCUT2D eigenvalue weighted by Crippen LogP contribution is 2.37. The standard InChI is InChI=1S/C33H32ClF4NO3S/c1-23(16-17-42-28-18-27(35)19-29(20-28)43(2,40)41)39(21-26-14-9-15-31(32(26)34)33(36,37)38)22-30(24-10-5-3-6-11-24)25-12-7-4-8-13-25/h3-15,18-20,23,30H,16-17,21-22H2,1-2H3/t23-/m1/s1. The third kappa shape index (κ3) is 8.81. The Morgan fingerprint density at radius 1 is 0.884 bits per heavy atom. The Morgan fingerprint density at radius 3 is 2.05 bits per heavy atom. The minimum atomic E-state index is -4.59. The maximum Gasteiger partial charge on any atom is 0.417 e. The summed E-state index contributed by atoms with van der Waals surface area (Å²) in [4.78, 5) is 1.87. The molecule has 0 saturated heterocycles. The van der Waals surface area contributed by atoms with Crippen molar-refractivity contribution in [2.24, 2.45) is 0 Å². The van der Waals surface area contributed by atoms with Crippen LogP contribution in [0, 0.1) is 5.82 Å². The van der Waals surface area contributed by atoms with Crippen LogP contribution in [-0.2, 0) is 22.6 Å². The lowest BCUT2D eigenvalue weighted by Crippen LogP contribution is -2.37. The Morgan fingerprint density at radius 2 is 1.49 bits per heavy atom. The zero-order chi connectivity index (χ0) is 31.2. The normalized spacial score (nSPS) is 13.0. The van der Waals surface area contributed by atoms with E-state index in [1.54, 1.807) is 6.07 Å². The fourth-order valence-corrected chi connectivity index (χ4v) is 5.86. The number of alkyl halides is 3. The molecule has 4 rings (SSSR count). The molecule has 0 unspecified atom stereocenters. The van der Waals surface area contributed by atoms with Gasteiger partial charge in [0.1, 0.15) is 11.6 Å². The van der Waals surface area contributed by atoms with E-state index >= 15 is 0 Å². The van der Waals surface area contributed by atoms with Crippen LogP contribution in [0.1, 0.15) is 41.5 Å². The molecule has 0 aliphatic heterocycles. The first kappa shape index (κ1) is 32.5. The lowest BCUT2D eigenvalue weighted by atomic mass is 9.90. The zero-order valence-electron chi connectivity index (χ0n) is 23.7. The van der Waals surface area contributed by atoms with Crippen molar-refractivity contribution in [1.29, 1.82) is 0 Å². The molecule has 0 fully saturated rings. The van der Waals surface area contributed by atoms with E-state index in [1.165, 1.54) is 12.1 Å². The van der Waals surface area contributed by atoms with Gasteiger partial charge >= 0.3 is 6.18 Å². The highest BCUT2D eigenvalue weighted by Gasteiger charge is 2.34. The summed E-state index contributed by atoms with van der Waals surface area (Å²) in [5.74, 6) is -0.761. The number of hydrogen-bond acceptors (Lipinski definition) is 4. The van der Waals surface area contributed by atoms with Gasteiger partial charge in [0, 0.05) is 37.4 Å². The molecule has 0 bridgehead atoms. The zero-order valence-corrected chi connectivity index (χ0v) is 25.3. The smallest absolute Gasteiger partial charge is 0.417 e. The van der Waals surface area contributed by atoms with Crippen molar-refractivity contribution in [3.63, 3.8) is 0 Å². The molecular weight excluding hydrogens is 602 g/mol. The summed E-state index contributed by atoms with van der Waals surface area (Å²) in [5.41, 5.74) is 1.54. The number of nitrogens with zero attached hydrogens (tertiary/aromatic N) is 1. The summed E-state index contributed by atoms with van der Waals surface area (Å²) in [5, 5.41) is -0.340. The van der Waals surface area contributed by atoms with Gasteiger partial charge in [-0.2, -0.15) is 13.2 Å². The van der Waals surface area contributed by atoms with Crippen LogP contribution in [0.15, 0.2) is 102 Å². The number of ether oxygens (including phenoxy) is 1. The van der Waals surface area contributed by atoms with Gasteiger partial charge in [0.2, 0.25) is 0 Å². The number of sulfone groups is 1. The lowest BCUT2D eigenvalue weighted by molar-refractivity contribution is -0.137. The molecule has 43 heavy (non-hydrogen) atoms. The first-order valence-corrected chi connectivity index (χ1v) is 15.9.